The van der Waals surface area contributed by atoms with E-state index < -0.39 is 18.0 Å². The van der Waals surface area contributed by atoms with Crippen molar-refractivity contribution in [1.29, 1.82) is 0 Å². The van der Waals surface area contributed by atoms with Crippen LogP contribution in [0.5, 0.6) is 17.2 Å². The summed E-state index contributed by atoms with van der Waals surface area (Å²) >= 11 is 0. The number of ether oxygens (including phenoxy) is 4. The third kappa shape index (κ3) is 4.91. The van der Waals surface area contributed by atoms with Gasteiger partial charge >= 0.3 is 5.97 Å². The first kappa shape index (κ1) is 20.1. The van der Waals surface area contributed by atoms with E-state index >= 15 is 0 Å². The molecule has 2 aromatic carbocycles. The monoisotopic (exact) mass is 373 g/mol. The molecule has 0 saturated carbocycles. The topological polar surface area (TPSA) is 83.1 Å². The summed E-state index contributed by atoms with van der Waals surface area (Å²) in [7, 11) is 4.17. The Hall–Kier alpha value is -3.22. The Morgan fingerprint density at radius 3 is 2.26 bits per heavy atom. The molecule has 0 heterocycles. The van der Waals surface area contributed by atoms with Crippen LogP contribution >= 0.6 is 0 Å². The van der Waals surface area contributed by atoms with E-state index in [1.165, 1.54) is 33.5 Å². The summed E-state index contributed by atoms with van der Waals surface area (Å²) < 4.78 is 20.9. The molecule has 0 bridgehead atoms. The van der Waals surface area contributed by atoms with Crippen molar-refractivity contribution in [3.05, 3.63) is 47.5 Å². The molecule has 7 heteroatoms. The van der Waals surface area contributed by atoms with Gasteiger partial charge < -0.3 is 24.3 Å². The van der Waals surface area contributed by atoms with Gasteiger partial charge in [-0.3, -0.25) is 4.79 Å². The zero-order chi connectivity index (χ0) is 20.0. The molecular formula is C20H23NO6. The summed E-state index contributed by atoms with van der Waals surface area (Å²) in [4.78, 5) is 24.6. The number of carbonyl (C=O) groups excluding carboxylic acids is 2. The molecule has 2 aromatic rings. The van der Waals surface area contributed by atoms with Gasteiger partial charge in [0.1, 0.15) is 5.75 Å². The Balaban J connectivity index is 2.25. The number of carbonyl (C=O) groups is 2. The quantitative estimate of drug-likeness (QED) is 0.751. The van der Waals surface area contributed by atoms with Gasteiger partial charge in [0, 0.05) is 12.1 Å². The van der Waals surface area contributed by atoms with Gasteiger partial charge in [0.25, 0.3) is 5.91 Å². The van der Waals surface area contributed by atoms with Gasteiger partial charge in [0.2, 0.25) is 0 Å². The van der Waals surface area contributed by atoms with Crippen LogP contribution in [-0.2, 0) is 9.53 Å². The van der Waals surface area contributed by atoms with Crippen molar-refractivity contribution in [2.24, 2.45) is 0 Å². The Bertz CT molecular complexity index is 833. The fraction of sp³-hybridized carbons (Fsp3) is 0.300. The first-order valence-electron chi connectivity index (χ1n) is 8.28. The van der Waals surface area contributed by atoms with E-state index in [2.05, 4.69) is 5.32 Å². The van der Waals surface area contributed by atoms with E-state index in [0.717, 1.165) is 5.56 Å². The van der Waals surface area contributed by atoms with Crippen LogP contribution in [0.3, 0.4) is 0 Å². The molecule has 0 saturated heterocycles. The third-order valence-corrected chi connectivity index (χ3v) is 3.86. The van der Waals surface area contributed by atoms with E-state index in [0.29, 0.717) is 17.2 Å². The maximum Gasteiger partial charge on any atom is 0.340 e. The minimum Gasteiger partial charge on any atom is -0.493 e. The number of aryl methyl sites for hydroxylation is 1. The van der Waals surface area contributed by atoms with Gasteiger partial charge in [-0.05, 0) is 31.5 Å². The summed E-state index contributed by atoms with van der Waals surface area (Å²) in [6, 6.07) is 10.3. The third-order valence-electron chi connectivity index (χ3n) is 3.86. The number of esters is 1. The van der Waals surface area contributed by atoms with Crippen molar-refractivity contribution in [1.82, 2.24) is 0 Å². The number of rotatable bonds is 7. The fourth-order valence-electron chi connectivity index (χ4n) is 2.44. The first-order valence-corrected chi connectivity index (χ1v) is 8.28. The number of nitrogens with one attached hydrogen (secondary N) is 1. The number of amides is 1. The summed E-state index contributed by atoms with van der Waals surface area (Å²) in [5.41, 5.74) is 1.41. The Labute approximate surface area is 158 Å². The molecule has 144 valence electrons. The average molecular weight is 373 g/mol. The van der Waals surface area contributed by atoms with Crippen molar-refractivity contribution in [2.45, 2.75) is 20.0 Å². The van der Waals surface area contributed by atoms with Crippen molar-refractivity contribution in [3.8, 4) is 17.2 Å². The molecule has 0 spiro atoms. The molecule has 0 aliphatic rings. The van der Waals surface area contributed by atoms with Crippen LogP contribution in [0.15, 0.2) is 36.4 Å². The van der Waals surface area contributed by atoms with Crippen molar-refractivity contribution < 1.29 is 28.5 Å². The molecule has 0 aliphatic carbocycles. The van der Waals surface area contributed by atoms with Crippen molar-refractivity contribution >= 4 is 17.6 Å². The molecule has 1 atom stereocenters. The highest BCUT2D eigenvalue weighted by Crippen LogP contribution is 2.34. The van der Waals surface area contributed by atoms with Crippen LogP contribution < -0.4 is 19.5 Å². The molecule has 0 unspecified atom stereocenters. The fourth-order valence-corrected chi connectivity index (χ4v) is 2.44. The molecular weight excluding hydrogens is 350 g/mol. The lowest BCUT2D eigenvalue weighted by Gasteiger charge is -2.18. The number of hydrogen-bond donors (Lipinski definition) is 1. The minimum absolute atomic E-state index is 0.145. The van der Waals surface area contributed by atoms with Gasteiger partial charge in [0.15, 0.2) is 17.6 Å². The van der Waals surface area contributed by atoms with E-state index in [4.69, 9.17) is 18.9 Å². The van der Waals surface area contributed by atoms with E-state index in [1.54, 1.807) is 13.0 Å². The lowest BCUT2D eigenvalue weighted by atomic mass is 10.1. The normalized spacial score (nSPS) is 11.3. The Kier molecular flexibility index (Phi) is 6.65. The lowest BCUT2D eigenvalue weighted by molar-refractivity contribution is -0.122. The Morgan fingerprint density at radius 1 is 1.00 bits per heavy atom. The predicted octanol–water partition coefficient (Wildman–Crippen LogP) is 3.20. The SMILES string of the molecule is COC(=O)c1cc(OC)c(OC)cc1NC(=O)[C@H](C)Oc1cccc(C)c1. The van der Waals surface area contributed by atoms with E-state index in [-0.39, 0.29) is 11.3 Å². The molecule has 0 aromatic heterocycles. The molecule has 2 rings (SSSR count). The molecule has 7 nitrogen and oxygen atoms in total. The predicted molar refractivity (Wildman–Crippen MR) is 101 cm³/mol. The number of anilines is 1. The van der Waals surface area contributed by atoms with E-state index in [1.807, 2.05) is 25.1 Å². The molecule has 0 radical (unpaired) electrons. The van der Waals surface area contributed by atoms with Gasteiger partial charge in [-0.15, -0.1) is 0 Å². The van der Waals surface area contributed by atoms with Gasteiger partial charge in [-0.1, -0.05) is 12.1 Å². The molecule has 27 heavy (non-hydrogen) atoms. The smallest absolute Gasteiger partial charge is 0.340 e. The number of methoxy groups -OCH3 is 3. The molecule has 1 N–H and O–H groups in total. The standard InChI is InChI=1S/C20H23NO6/c1-12-7-6-8-14(9-12)27-13(2)19(22)21-16-11-18(25-4)17(24-3)10-15(16)20(23)26-5/h6-11,13H,1-5H3,(H,21,22)/t13-/m0/s1. The second-order valence-electron chi connectivity index (χ2n) is 5.81. The van der Waals surface area contributed by atoms with Crippen LogP contribution in [0.1, 0.15) is 22.8 Å². The maximum absolute atomic E-state index is 12.6. The van der Waals surface area contributed by atoms with Gasteiger partial charge in [0.05, 0.1) is 32.6 Å². The lowest BCUT2D eigenvalue weighted by Crippen LogP contribution is -2.30. The van der Waals surface area contributed by atoms with Crippen LogP contribution in [0.25, 0.3) is 0 Å². The molecule has 1 amide bonds. The van der Waals surface area contributed by atoms with Gasteiger partial charge in [-0.2, -0.15) is 0 Å². The largest absolute Gasteiger partial charge is 0.493 e. The summed E-state index contributed by atoms with van der Waals surface area (Å²) in [5.74, 6) is 0.262. The molecule has 0 aliphatic heterocycles. The Morgan fingerprint density at radius 2 is 1.67 bits per heavy atom. The summed E-state index contributed by atoms with van der Waals surface area (Å²) in [5, 5.41) is 2.69. The first-order chi connectivity index (χ1) is 12.9. The van der Waals surface area contributed by atoms with E-state index in [9.17, 15) is 9.59 Å². The zero-order valence-corrected chi connectivity index (χ0v) is 16.0. The second-order valence-corrected chi connectivity index (χ2v) is 5.81. The second kappa shape index (κ2) is 8.93. The minimum atomic E-state index is -0.787. The highest BCUT2D eigenvalue weighted by Gasteiger charge is 2.22. The van der Waals surface area contributed by atoms with Crippen molar-refractivity contribution in [3.63, 3.8) is 0 Å². The highest BCUT2D eigenvalue weighted by molar-refractivity contribution is 6.03. The number of hydrogen-bond acceptors (Lipinski definition) is 6. The average Bonchev–Trinajstić information content (AvgIpc) is 2.66. The van der Waals surface area contributed by atoms with Crippen LogP contribution in [0, 0.1) is 6.92 Å². The summed E-state index contributed by atoms with van der Waals surface area (Å²) in [6.45, 7) is 3.56. The number of benzene rings is 2. The summed E-state index contributed by atoms with van der Waals surface area (Å²) in [6.07, 6.45) is -0.787. The van der Waals surface area contributed by atoms with Crippen molar-refractivity contribution in [2.75, 3.05) is 26.6 Å². The van der Waals surface area contributed by atoms with Crippen LogP contribution in [-0.4, -0.2) is 39.3 Å². The highest BCUT2D eigenvalue weighted by atomic mass is 16.5. The maximum atomic E-state index is 12.6. The van der Waals surface area contributed by atoms with Crippen LogP contribution in [0.4, 0.5) is 5.69 Å². The van der Waals surface area contributed by atoms with Crippen LogP contribution in [0.2, 0.25) is 0 Å². The van der Waals surface area contributed by atoms with Gasteiger partial charge in [-0.25, -0.2) is 4.79 Å². The zero-order valence-electron chi connectivity index (χ0n) is 16.0. The molecule has 0 fully saturated rings.